The molecule has 5 heteroatoms. The number of para-hydroxylation sites is 1. The first-order chi connectivity index (χ1) is 14.2. The van der Waals surface area contributed by atoms with Crippen LogP contribution in [0.5, 0.6) is 5.75 Å². The second-order valence-electron chi connectivity index (χ2n) is 6.99. The van der Waals surface area contributed by atoms with Crippen molar-refractivity contribution >= 4 is 27.7 Å². The summed E-state index contributed by atoms with van der Waals surface area (Å²) in [6.07, 6.45) is 1.35. The summed E-state index contributed by atoms with van der Waals surface area (Å²) >= 11 is 3.64. The lowest BCUT2D eigenvalue weighted by atomic mass is 9.91. The molecule has 0 aromatic heterocycles. The van der Waals surface area contributed by atoms with Gasteiger partial charge in [-0.05, 0) is 63.7 Å². The fraction of sp³-hybridized carbons (Fsp3) is 0.208. The lowest BCUT2D eigenvalue weighted by Crippen LogP contribution is -2.39. The molecule has 0 saturated carbocycles. The van der Waals surface area contributed by atoms with E-state index in [4.69, 9.17) is 9.47 Å². The minimum Gasteiger partial charge on any atom is -0.497 e. The maximum atomic E-state index is 13.3. The van der Waals surface area contributed by atoms with Crippen LogP contribution in [-0.2, 0) is 17.8 Å². The first kappa shape index (κ1) is 19.5. The Morgan fingerprint density at radius 2 is 1.86 bits per heavy atom. The van der Waals surface area contributed by atoms with E-state index in [1.807, 2.05) is 66.7 Å². The lowest BCUT2D eigenvalue weighted by molar-refractivity contribution is 0.143. The summed E-state index contributed by atoms with van der Waals surface area (Å²) in [5.41, 5.74) is 4.00. The number of aryl methyl sites for hydroxylation is 1. The molecular formula is C24H22BrNO3. The van der Waals surface area contributed by atoms with Crippen molar-refractivity contribution in [2.24, 2.45) is 0 Å². The molecule has 148 valence electrons. The van der Waals surface area contributed by atoms with Gasteiger partial charge >= 0.3 is 6.09 Å². The molecule has 0 fully saturated rings. The molecular weight excluding hydrogens is 430 g/mol. The van der Waals surface area contributed by atoms with Crippen LogP contribution in [0.1, 0.15) is 29.2 Å². The van der Waals surface area contributed by atoms with Crippen LogP contribution in [0.3, 0.4) is 0 Å². The minimum atomic E-state index is -0.352. The molecule has 0 aliphatic carbocycles. The van der Waals surface area contributed by atoms with Gasteiger partial charge in [-0.3, -0.25) is 4.90 Å². The Balaban J connectivity index is 1.69. The number of amides is 1. The maximum Gasteiger partial charge on any atom is 0.415 e. The Labute approximate surface area is 179 Å². The number of fused-ring (bicyclic) bond motifs is 1. The molecule has 4 rings (SSSR count). The van der Waals surface area contributed by atoms with Crippen molar-refractivity contribution in [3.63, 3.8) is 0 Å². The van der Waals surface area contributed by atoms with Crippen molar-refractivity contribution in [3.8, 4) is 5.75 Å². The largest absolute Gasteiger partial charge is 0.497 e. The normalized spacial score (nSPS) is 15.5. The summed E-state index contributed by atoms with van der Waals surface area (Å²) in [6, 6.07) is 23.5. The van der Waals surface area contributed by atoms with Gasteiger partial charge in [0.05, 0.1) is 18.8 Å². The summed E-state index contributed by atoms with van der Waals surface area (Å²) in [5.74, 6) is 0.776. The molecule has 0 radical (unpaired) electrons. The molecule has 1 heterocycles. The number of hydrogen-bond acceptors (Lipinski definition) is 3. The van der Waals surface area contributed by atoms with Gasteiger partial charge in [0, 0.05) is 4.47 Å². The molecule has 29 heavy (non-hydrogen) atoms. The number of carbonyl (C=O) groups is 1. The van der Waals surface area contributed by atoms with Gasteiger partial charge in [-0.2, -0.15) is 0 Å². The molecule has 0 saturated heterocycles. The summed E-state index contributed by atoms with van der Waals surface area (Å²) in [6.45, 7) is 0.237. The van der Waals surface area contributed by atoms with Crippen LogP contribution in [0.2, 0.25) is 0 Å². The van der Waals surface area contributed by atoms with E-state index in [-0.39, 0.29) is 18.7 Å². The Hall–Kier alpha value is -2.79. The molecule has 0 N–H and O–H groups in total. The van der Waals surface area contributed by atoms with Crippen molar-refractivity contribution in [2.75, 3.05) is 12.0 Å². The van der Waals surface area contributed by atoms with E-state index in [9.17, 15) is 4.79 Å². The molecule has 1 amide bonds. The summed E-state index contributed by atoms with van der Waals surface area (Å²) < 4.78 is 12.0. The zero-order valence-electron chi connectivity index (χ0n) is 16.2. The molecule has 1 aliphatic heterocycles. The number of nitrogens with zero attached hydrogens (tertiary/aromatic N) is 1. The average Bonchev–Trinajstić information content (AvgIpc) is 2.77. The number of benzene rings is 3. The molecule has 4 nitrogen and oxygen atoms in total. The van der Waals surface area contributed by atoms with E-state index in [0.717, 1.165) is 45.4 Å². The van der Waals surface area contributed by atoms with Gasteiger partial charge in [-0.1, -0.05) is 54.6 Å². The summed E-state index contributed by atoms with van der Waals surface area (Å²) in [5, 5.41) is 0. The lowest BCUT2D eigenvalue weighted by Gasteiger charge is -2.37. The molecule has 3 aromatic rings. The first-order valence-electron chi connectivity index (χ1n) is 9.58. The highest BCUT2D eigenvalue weighted by Gasteiger charge is 2.34. The van der Waals surface area contributed by atoms with Crippen LogP contribution in [0.4, 0.5) is 10.5 Å². The van der Waals surface area contributed by atoms with Gasteiger partial charge in [0.1, 0.15) is 12.4 Å². The Morgan fingerprint density at radius 3 is 2.66 bits per heavy atom. The van der Waals surface area contributed by atoms with Crippen LogP contribution < -0.4 is 9.64 Å². The standard InChI is InChI=1S/C24H22BrNO3/c1-28-20-11-5-10-19(15-20)22-14-13-18-9-6-12-21(25)23(18)26(22)24(27)29-16-17-7-3-2-4-8-17/h2-12,15,22H,13-14,16H2,1H3. The third kappa shape index (κ3) is 4.15. The van der Waals surface area contributed by atoms with Crippen molar-refractivity contribution < 1.29 is 14.3 Å². The van der Waals surface area contributed by atoms with Gasteiger partial charge in [-0.15, -0.1) is 0 Å². The smallest absolute Gasteiger partial charge is 0.415 e. The van der Waals surface area contributed by atoms with Gasteiger partial charge in [0.15, 0.2) is 0 Å². The van der Waals surface area contributed by atoms with Gasteiger partial charge in [-0.25, -0.2) is 4.79 Å². The Kier molecular flexibility index (Phi) is 5.86. The van der Waals surface area contributed by atoms with Crippen LogP contribution in [0, 0.1) is 0 Å². The number of carbonyl (C=O) groups excluding carboxylic acids is 1. The fourth-order valence-corrected chi connectivity index (χ4v) is 4.38. The number of anilines is 1. The number of hydrogen-bond donors (Lipinski definition) is 0. The SMILES string of the molecule is COc1cccc(C2CCc3cccc(Br)c3N2C(=O)OCc2ccccc2)c1. The average molecular weight is 452 g/mol. The van der Waals surface area contributed by atoms with Crippen LogP contribution in [0.15, 0.2) is 77.3 Å². The molecule has 0 bridgehead atoms. The van der Waals surface area contributed by atoms with Gasteiger partial charge in [0.25, 0.3) is 0 Å². The van der Waals surface area contributed by atoms with Gasteiger partial charge in [0.2, 0.25) is 0 Å². The van der Waals surface area contributed by atoms with Crippen LogP contribution >= 0.6 is 15.9 Å². The Morgan fingerprint density at radius 1 is 1.07 bits per heavy atom. The van der Waals surface area contributed by atoms with E-state index in [1.165, 1.54) is 0 Å². The summed E-state index contributed by atoms with van der Waals surface area (Å²) in [7, 11) is 1.65. The number of rotatable bonds is 4. The Bertz CT molecular complexity index is 1010. The van der Waals surface area contributed by atoms with Crippen molar-refractivity contribution in [1.82, 2.24) is 0 Å². The highest BCUT2D eigenvalue weighted by atomic mass is 79.9. The second kappa shape index (κ2) is 8.70. The third-order valence-corrected chi connectivity index (χ3v) is 5.83. The summed E-state index contributed by atoms with van der Waals surface area (Å²) in [4.78, 5) is 15.1. The number of halogens is 1. The predicted molar refractivity (Wildman–Crippen MR) is 117 cm³/mol. The van der Waals surface area contributed by atoms with E-state index in [2.05, 4.69) is 22.0 Å². The first-order valence-corrected chi connectivity index (χ1v) is 10.4. The quantitative estimate of drug-likeness (QED) is 0.467. The topological polar surface area (TPSA) is 38.8 Å². The number of methoxy groups -OCH3 is 1. The van der Waals surface area contributed by atoms with E-state index in [0.29, 0.717) is 0 Å². The van der Waals surface area contributed by atoms with Crippen LogP contribution in [0.25, 0.3) is 0 Å². The van der Waals surface area contributed by atoms with Crippen molar-refractivity contribution in [1.29, 1.82) is 0 Å². The molecule has 1 aliphatic rings. The molecule has 1 atom stereocenters. The van der Waals surface area contributed by atoms with E-state index < -0.39 is 0 Å². The maximum absolute atomic E-state index is 13.3. The van der Waals surface area contributed by atoms with E-state index in [1.54, 1.807) is 12.0 Å². The monoisotopic (exact) mass is 451 g/mol. The zero-order chi connectivity index (χ0) is 20.2. The van der Waals surface area contributed by atoms with Crippen molar-refractivity contribution in [3.05, 3.63) is 94.0 Å². The molecule has 0 spiro atoms. The van der Waals surface area contributed by atoms with Gasteiger partial charge < -0.3 is 9.47 Å². The third-order valence-electron chi connectivity index (χ3n) is 5.19. The second-order valence-corrected chi connectivity index (χ2v) is 7.84. The minimum absolute atomic E-state index is 0.125. The van der Waals surface area contributed by atoms with Crippen molar-refractivity contribution in [2.45, 2.75) is 25.5 Å². The molecule has 1 unspecified atom stereocenters. The van der Waals surface area contributed by atoms with E-state index >= 15 is 0 Å². The number of ether oxygens (including phenoxy) is 2. The predicted octanol–water partition coefficient (Wildman–Crippen LogP) is 6.29. The highest BCUT2D eigenvalue weighted by Crippen LogP contribution is 2.43. The highest BCUT2D eigenvalue weighted by molar-refractivity contribution is 9.10. The molecule has 3 aromatic carbocycles. The zero-order valence-corrected chi connectivity index (χ0v) is 17.8. The van der Waals surface area contributed by atoms with Crippen LogP contribution in [-0.4, -0.2) is 13.2 Å². The fourth-order valence-electron chi connectivity index (χ4n) is 3.78.